The molecule has 1 aliphatic rings. The van der Waals surface area contributed by atoms with Crippen molar-refractivity contribution in [2.75, 3.05) is 17.3 Å². The number of H-pyrrole nitrogens is 2. The Labute approximate surface area is 246 Å². The molecular weight excluding hydrogens is 567 g/mol. The van der Waals surface area contributed by atoms with Gasteiger partial charge in [0.25, 0.3) is 0 Å². The van der Waals surface area contributed by atoms with Gasteiger partial charge in [0.05, 0.1) is 34.5 Å². The maximum Gasteiger partial charge on any atom is 0.227 e. The first kappa shape index (κ1) is 27.0. The zero-order chi connectivity index (χ0) is 29.7. The van der Waals surface area contributed by atoms with Gasteiger partial charge in [-0.2, -0.15) is 5.10 Å². The first-order valence-electron chi connectivity index (χ1n) is 13.9. The third kappa shape index (κ3) is 5.63. The Morgan fingerprint density at radius 2 is 1.79 bits per heavy atom. The average molecular weight is 595 g/mol. The molecule has 11 heteroatoms. The van der Waals surface area contributed by atoms with Crippen LogP contribution in [-0.4, -0.2) is 51.5 Å². The Hall–Kier alpha value is -4.90. The number of hydrogen-bond acceptors (Lipinski definition) is 6. The molecule has 4 aromatic heterocycles. The van der Waals surface area contributed by atoms with E-state index >= 15 is 0 Å². The van der Waals surface area contributed by atoms with Crippen molar-refractivity contribution in [2.45, 2.75) is 19.3 Å². The van der Waals surface area contributed by atoms with Gasteiger partial charge in [0.15, 0.2) is 0 Å². The lowest BCUT2D eigenvalue weighted by Crippen LogP contribution is -2.13. The Bertz CT molecular complexity index is 2150. The van der Waals surface area contributed by atoms with Crippen molar-refractivity contribution in [1.82, 2.24) is 25.1 Å². The molecule has 43 heavy (non-hydrogen) atoms. The van der Waals surface area contributed by atoms with Crippen LogP contribution in [0.25, 0.3) is 55.6 Å². The largest absolute Gasteiger partial charge is 0.353 e. The van der Waals surface area contributed by atoms with Crippen LogP contribution >= 0.6 is 0 Å². The van der Waals surface area contributed by atoms with Crippen LogP contribution < -0.4 is 5.32 Å². The highest BCUT2D eigenvalue weighted by Crippen LogP contribution is 2.35. The maximum atomic E-state index is 14.6. The van der Waals surface area contributed by atoms with E-state index < -0.39 is 15.7 Å². The van der Waals surface area contributed by atoms with E-state index in [4.69, 9.17) is 0 Å². The van der Waals surface area contributed by atoms with E-state index in [1.165, 1.54) is 18.4 Å². The molecule has 1 saturated carbocycles. The highest BCUT2D eigenvalue weighted by atomic mass is 32.2. The first-order chi connectivity index (χ1) is 20.7. The van der Waals surface area contributed by atoms with Crippen molar-refractivity contribution in [3.63, 3.8) is 0 Å². The standard InChI is InChI=1S/C32H27FN6O3S/c1-43(41,42)9-7-18-10-21(12-23(33)11-18)30-26-15-29(37-27(26)6-8-35-30)31-25-14-20(4-5-28(25)38-39-31)22-13-24(17-34-16-22)36-32(40)19-2-3-19/h4-6,8,10-17,19,37H,2-3,7,9H2,1H3,(H,36,40)(H,38,39). The molecule has 0 spiro atoms. The number of carbonyl (C=O) groups excluding carboxylic acids is 1. The third-order valence-electron chi connectivity index (χ3n) is 7.65. The Balaban J connectivity index is 1.25. The minimum absolute atomic E-state index is 0.0302. The molecule has 2 aromatic carbocycles. The van der Waals surface area contributed by atoms with E-state index in [9.17, 15) is 17.6 Å². The Morgan fingerprint density at radius 1 is 0.953 bits per heavy atom. The molecule has 216 valence electrons. The predicted octanol–water partition coefficient (Wildman–Crippen LogP) is 5.91. The van der Waals surface area contributed by atoms with Crippen molar-refractivity contribution in [3.8, 4) is 33.8 Å². The monoisotopic (exact) mass is 594 g/mol. The number of anilines is 1. The van der Waals surface area contributed by atoms with Crippen molar-refractivity contribution in [3.05, 3.63) is 84.6 Å². The van der Waals surface area contributed by atoms with Crippen LogP contribution in [0, 0.1) is 11.7 Å². The fraction of sp³-hybridized carbons (Fsp3) is 0.188. The normalized spacial score (nSPS) is 13.5. The molecule has 7 rings (SSSR count). The summed E-state index contributed by atoms with van der Waals surface area (Å²) >= 11 is 0. The fourth-order valence-corrected chi connectivity index (χ4v) is 5.91. The van der Waals surface area contributed by atoms with E-state index in [0.717, 1.165) is 51.5 Å². The number of nitrogens with zero attached hydrogens (tertiary/aromatic N) is 3. The third-order valence-corrected chi connectivity index (χ3v) is 8.59. The van der Waals surface area contributed by atoms with E-state index in [2.05, 4.69) is 30.5 Å². The van der Waals surface area contributed by atoms with E-state index in [0.29, 0.717) is 28.2 Å². The number of rotatable bonds is 8. The second-order valence-corrected chi connectivity index (χ2v) is 13.3. The number of fused-ring (bicyclic) bond motifs is 2. The van der Waals surface area contributed by atoms with Gasteiger partial charge >= 0.3 is 0 Å². The van der Waals surface area contributed by atoms with Gasteiger partial charge in [-0.1, -0.05) is 6.07 Å². The highest BCUT2D eigenvalue weighted by molar-refractivity contribution is 7.90. The van der Waals surface area contributed by atoms with Crippen LogP contribution in [-0.2, 0) is 21.1 Å². The number of halogens is 1. The predicted molar refractivity (Wildman–Crippen MR) is 165 cm³/mol. The first-order valence-corrected chi connectivity index (χ1v) is 16.0. The molecule has 6 aromatic rings. The maximum absolute atomic E-state index is 14.6. The molecule has 0 aliphatic heterocycles. The minimum Gasteiger partial charge on any atom is -0.353 e. The van der Waals surface area contributed by atoms with Gasteiger partial charge in [0.1, 0.15) is 21.3 Å². The zero-order valence-corrected chi connectivity index (χ0v) is 24.0. The lowest BCUT2D eigenvalue weighted by atomic mass is 10.0. The SMILES string of the molecule is CS(=O)(=O)CCc1cc(F)cc(-c2nccc3[nH]c(-c4n[nH]c5ccc(-c6cncc(NC(=O)C7CC7)c6)cc45)cc23)c1. The summed E-state index contributed by atoms with van der Waals surface area (Å²) in [6.45, 7) is 0. The molecular formula is C32H27FN6O3S. The van der Waals surface area contributed by atoms with Crippen LogP contribution in [0.15, 0.2) is 73.2 Å². The number of aromatic nitrogens is 5. The van der Waals surface area contributed by atoms with Crippen LogP contribution in [0.4, 0.5) is 10.1 Å². The van der Waals surface area contributed by atoms with Gasteiger partial charge in [0, 0.05) is 52.0 Å². The van der Waals surface area contributed by atoms with Crippen LogP contribution in [0.5, 0.6) is 0 Å². The summed E-state index contributed by atoms with van der Waals surface area (Å²) in [6, 6.07) is 16.2. The number of benzene rings is 2. The van der Waals surface area contributed by atoms with Gasteiger partial charge in [-0.15, -0.1) is 0 Å². The van der Waals surface area contributed by atoms with Crippen molar-refractivity contribution in [2.24, 2.45) is 5.92 Å². The van der Waals surface area contributed by atoms with E-state index in [1.54, 1.807) is 24.7 Å². The van der Waals surface area contributed by atoms with E-state index in [1.807, 2.05) is 36.4 Å². The fourth-order valence-electron chi connectivity index (χ4n) is 5.30. The number of aromatic amines is 2. The molecule has 0 saturated heterocycles. The molecule has 1 amide bonds. The summed E-state index contributed by atoms with van der Waals surface area (Å²) in [5, 5.41) is 12.3. The van der Waals surface area contributed by atoms with Gasteiger partial charge in [-0.25, -0.2) is 12.8 Å². The summed E-state index contributed by atoms with van der Waals surface area (Å²) < 4.78 is 38.0. The Morgan fingerprint density at radius 3 is 2.60 bits per heavy atom. The van der Waals surface area contributed by atoms with Gasteiger partial charge < -0.3 is 10.3 Å². The van der Waals surface area contributed by atoms with Gasteiger partial charge in [-0.05, 0) is 78.9 Å². The lowest BCUT2D eigenvalue weighted by Gasteiger charge is -2.07. The number of aryl methyl sites for hydroxylation is 1. The van der Waals surface area contributed by atoms with Crippen LogP contribution in [0.1, 0.15) is 18.4 Å². The molecule has 0 bridgehead atoms. The number of amides is 1. The van der Waals surface area contributed by atoms with Gasteiger partial charge in [0.2, 0.25) is 5.91 Å². The van der Waals surface area contributed by atoms with Crippen molar-refractivity contribution >= 4 is 43.2 Å². The number of hydrogen-bond donors (Lipinski definition) is 3. The number of pyridine rings is 2. The van der Waals surface area contributed by atoms with Crippen molar-refractivity contribution in [1.29, 1.82) is 0 Å². The minimum atomic E-state index is -3.19. The summed E-state index contributed by atoms with van der Waals surface area (Å²) in [5.41, 5.74) is 7.30. The Kier molecular flexibility index (Phi) is 6.54. The summed E-state index contributed by atoms with van der Waals surface area (Å²) in [6.07, 6.45) is 8.30. The number of carbonyl (C=O) groups is 1. The lowest BCUT2D eigenvalue weighted by molar-refractivity contribution is -0.117. The molecule has 1 fully saturated rings. The molecule has 0 atom stereocenters. The second-order valence-electron chi connectivity index (χ2n) is 11.1. The van der Waals surface area contributed by atoms with Crippen molar-refractivity contribution < 1.29 is 17.6 Å². The molecule has 4 heterocycles. The quantitative estimate of drug-likeness (QED) is 0.201. The zero-order valence-electron chi connectivity index (χ0n) is 23.2. The van der Waals surface area contributed by atoms with Crippen LogP contribution in [0.2, 0.25) is 0 Å². The molecule has 9 nitrogen and oxygen atoms in total. The summed E-state index contributed by atoms with van der Waals surface area (Å²) in [5.74, 6) is -0.385. The smallest absolute Gasteiger partial charge is 0.227 e. The number of sulfone groups is 1. The van der Waals surface area contributed by atoms with E-state index in [-0.39, 0.29) is 24.0 Å². The molecule has 1 aliphatic carbocycles. The van der Waals surface area contributed by atoms with Gasteiger partial charge in [-0.3, -0.25) is 19.9 Å². The topological polar surface area (TPSA) is 133 Å². The number of nitrogens with one attached hydrogen (secondary N) is 3. The molecule has 0 unspecified atom stereocenters. The average Bonchev–Trinajstić information content (AvgIpc) is 3.61. The highest BCUT2D eigenvalue weighted by Gasteiger charge is 2.29. The molecule has 3 N–H and O–H groups in total. The summed E-state index contributed by atoms with van der Waals surface area (Å²) in [4.78, 5) is 24.6. The second kappa shape index (κ2) is 10.4. The summed E-state index contributed by atoms with van der Waals surface area (Å²) in [7, 11) is -3.19. The van der Waals surface area contributed by atoms with Crippen LogP contribution in [0.3, 0.4) is 0 Å². The molecule has 0 radical (unpaired) electrons.